The van der Waals surface area contributed by atoms with E-state index < -0.39 is 0 Å². The van der Waals surface area contributed by atoms with E-state index in [1.165, 1.54) is 0 Å². The average molecular weight is 279 g/mol. The zero-order valence-electron chi connectivity index (χ0n) is 9.28. The second kappa shape index (κ2) is 4.98. The molecule has 2 rings (SSSR count). The Kier molecular flexibility index (Phi) is 3.62. The van der Waals surface area contributed by atoms with Crippen molar-refractivity contribution in [3.8, 4) is 0 Å². The first-order valence-electron chi connectivity index (χ1n) is 5.59. The molecule has 0 amide bonds. The summed E-state index contributed by atoms with van der Waals surface area (Å²) in [6, 6.07) is 12.2. The van der Waals surface area contributed by atoms with Gasteiger partial charge in [0.05, 0.1) is 6.10 Å². The SMILES string of the molecule is CCCC(O)c1ccc(Br)c2ccccc12. The van der Waals surface area contributed by atoms with Crippen LogP contribution in [0.15, 0.2) is 40.9 Å². The Bertz CT molecular complexity index is 493. The van der Waals surface area contributed by atoms with Gasteiger partial charge in [-0.05, 0) is 28.8 Å². The molecule has 0 aliphatic heterocycles. The van der Waals surface area contributed by atoms with Crippen molar-refractivity contribution in [2.24, 2.45) is 0 Å². The number of aliphatic hydroxyl groups is 1. The van der Waals surface area contributed by atoms with Crippen molar-refractivity contribution >= 4 is 26.7 Å². The lowest BCUT2D eigenvalue weighted by atomic mass is 9.98. The van der Waals surface area contributed by atoms with Crippen LogP contribution in [0, 0.1) is 0 Å². The monoisotopic (exact) mass is 278 g/mol. The zero-order valence-corrected chi connectivity index (χ0v) is 10.9. The second-order valence-electron chi connectivity index (χ2n) is 3.99. The largest absolute Gasteiger partial charge is 0.388 e. The van der Waals surface area contributed by atoms with Crippen LogP contribution in [0.3, 0.4) is 0 Å². The predicted molar refractivity (Wildman–Crippen MR) is 71.5 cm³/mol. The number of hydrogen-bond donors (Lipinski definition) is 1. The Labute approximate surface area is 104 Å². The molecule has 2 aromatic rings. The van der Waals surface area contributed by atoms with Crippen LogP contribution in [0.4, 0.5) is 0 Å². The molecule has 0 aliphatic rings. The molecule has 1 unspecified atom stereocenters. The van der Waals surface area contributed by atoms with E-state index in [0.717, 1.165) is 33.7 Å². The Morgan fingerprint density at radius 2 is 1.81 bits per heavy atom. The van der Waals surface area contributed by atoms with Gasteiger partial charge in [0.1, 0.15) is 0 Å². The highest BCUT2D eigenvalue weighted by Crippen LogP contribution is 2.31. The van der Waals surface area contributed by atoms with E-state index in [1.807, 2.05) is 24.3 Å². The third-order valence-corrected chi connectivity index (χ3v) is 3.52. The molecule has 0 saturated carbocycles. The van der Waals surface area contributed by atoms with E-state index >= 15 is 0 Å². The lowest BCUT2D eigenvalue weighted by Crippen LogP contribution is -1.97. The molecule has 0 spiro atoms. The summed E-state index contributed by atoms with van der Waals surface area (Å²) in [7, 11) is 0. The van der Waals surface area contributed by atoms with Crippen molar-refractivity contribution in [3.63, 3.8) is 0 Å². The van der Waals surface area contributed by atoms with Crippen molar-refractivity contribution in [2.45, 2.75) is 25.9 Å². The van der Waals surface area contributed by atoms with Gasteiger partial charge in [0.15, 0.2) is 0 Å². The van der Waals surface area contributed by atoms with Crippen molar-refractivity contribution < 1.29 is 5.11 Å². The highest BCUT2D eigenvalue weighted by Gasteiger charge is 2.11. The van der Waals surface area contributed by atoms with E-state index in [9.17, 15) is 5.11 Å². The van der Waals surface area contributed by atoms with Gasteiger partial charge in [0, 0.05) is 4.47 Å². The van der Waals surface area contributed by atoms with Crippen LogP contribution in [0.2, 0.25) is 0 Å². The smallest absolute Gasteiger partial charge is 0.0796 e. The third kappa shape index (κ3) is 2.13. The van der Waals surface area contributed by atoms with E-state index in [1.54, 1.807) is 0 Å². The molecular formula is C14H15BrO. The Balaban J connectivity index is 2.58. The number of rotatable bonds is 3. The summed E-state index contributed by atoms with van der Waals surface area (Å²) in [5.41, 5.74) is 1.03. The van der Waals surface area contributed by atoms with Crippen LogP contribution in [-0.2, 0) is 0 Å². The van der Waals surface area contributed by atoms with Gasteiger partial charge in [-0.1, -0.05) is 59.6 Å². The van der Waals surface area contributed by atoms with Gasteiger partial charge in [0.2, 0.25) is 0 Å². The van der Waals surface area contributed by atoms with Gasteiger partial charge in [-0.3, -0.25) is 0 Å². The summed E-state index contributed by atoms with van der Waals surface area (Å²) < 4.78 is 1.08. The summed E-state index contributed by atoms with van der Waals surface area (Å²) in [6.45, 7) is 2.09. The third-order valence-electron chi connectivity index (χ3n) is 2.83. The predicted octanol–water partition coefficient (Wildman–Crippen LogP) is 4.44. The fourth-order valence-corrected chi connectivity index (χ4v) is 2.48. The molecule has 0 heterocycles. The molecule has 2 aromatic carbocycles. The van der Waals surface area contributed by atoms with Crippen LogP contribution in [0.5, 0.6) is 0 Å². The Morgan fingerprint density at radius 3 is 2.50 bits per heavy atom. The topological polar surface area (TPSA) is 20.2 Å². The molecule has 2 heteroatoms. The maximum absolute atomic E-state index is 10.1. The summed E-state index contributed by atoms with van der Waals surface area (Å²) in [5, 5.41) is 12.4. The van der Waals surface area contributed by atoms with Gasteiger partial charge in [0.25, 0.3) is 0 Å². The minimum absolute atomic E-state index is 0.358. The molecular weight excluding hydrogens is 264 g/mol. The van der Waals surface area contributed by atoms with Gasteiger partial charge < -0.3 is 5.11 Å². The molecule has 0 aromatic heterocycles. The Hall–Kier alpha value is -0.860. The molecule has 0 bridgehead atoms. The summed E-state index contributed by atoms with van der Waals surface area (Å²) in [4.78, 5) is 0. The molecule has 0 fully saturated rings. The first kappa shape index (κ1) is 11.6. The average Bonchev–Trinajstić information content (AvgIpc) is 2.30. The highest BCUT2D eigenvalue weighted by molar-refractivity contribution is 9.10. The quantitative estimate of drug-likeness (QED) is 0.880. The standard InChI is InChI=1S/C14H15BrO/c1-2-5-14(16)12-8-9-13(15)11-7-4-3-6-10(11)12/h3-4,6-9,14,16H,2,5H2,1H3. The molecule has 0 saturated heterocycles. The fraction of sp³-hybridized carbons (Fsp3) is 0.286. The maximum atomic E-state index is 10.1. The number of benzene rings is 2. The summed E-state index contributed by atoms with van der Waals surface area (Å²) >= 11 is 3.54. The van der Waals surface area contributed by atoms with Crippen LogP contribution in [0.25, 0.3) is 10.8 Å². The number of halogens is 1. The molecule has 1 N–H and O–H groups in total. The highest BCUT2D eigenvalue weighted by atomic mass is 79.9. The molecule has 0 aliphatic carbocycles. The molecule has 0 radical (unpaired) electrons. The minimum atomic E-state index is -0.358. The van der Waals surface area contributed by atoms with Crippen molar-refractivity contribution in [3.05, 3.63) is 46.4 Å². The number of hydrogen-bond acceptors (Lipinski definition) is 1. The molecule has 1 nitrogen and oxygen atoms in total. The van der Waals surface area contributed by atoms with Crippen molar-refractivity contribution in [1.29, 1.82) is 0 Å². The van der Waals surface area contributed by atoms with E-state index in [-0.39, 0.29) is 6.10 Å². The van der Waals surface area contributed by atoms with E-state index in [4.69, 9.17) is 0 Å². The van der Waals surface area contributed by atoms with Crippen LogP contribution in [0.1, 0.15) is 31.4 Å². The maximum Gasteiger partial charge on any atom is 0.0796 e. The fourth-order valence-electron chi connectivity index (χ4n) is 2.01. The van der Waals surface area contributed by atoms with Gasteiger partial charge in [-0.2, -0.15) is 0 Å². The van der Waals surface area contributed by atoms with Crippen LogP contribution < -0.4 is 0 Å². The zero-order chi connectivity index (χ0) is 11.5. The summed E-state index contributed by atoms with van der Waals surface area (Å²) in [6.07, 6.45) is 1.44. The van der Waals surface area contributed by atoms with Crippen molar-refractivity contribution in [2.75, 3.05) is 0 Å². The Morgan fingerprint density at radius 1 is 1.12 bits per heavy atom. The minimum Gasteiger partial charge on any atom is -0.388 e. The lowest BCUT2D eigenvalue weighted by molar-refractivity contribution is 0.168. The van der Waals surface area contributed by atoms with Crippen molar-refractivity contribution in [1.82, 2.24) is 0 Å². The lowest BCUT2D eigenvalue weighted by Gasteiger charge is -2.13. The summed E-state index contributed by atoms with van der Waals surface area (Å²) in [5.74, 6) is 0. The molecule has 84 valence electrons. The molecule has 1 atom stereocenters. The first-order valence-corrected chi connectivity index (χ1v) is 6.38. The number of aliphatic hydroxyl groups excluding tert-OH is 1. The molecule has 16 heavy (non-hydrogen) atoms. The van der Waals surface area contributed by atoms with Gasteiger partial charge in [-0.15, -0.1) is 0 Å². The van der Waals surface area contributed by atoms with E-state index in [0.29, 0.717) is 0 Å². The van der Waals surface area contributed by atoms with Gasteiger partial charge in [-0.25, -0.2) is 0 Å². The van der Waals surface area contributed by atoms with Gasteiger partial charge >= 0.3 is 0 Å². The van der Waals surface area contributed by atoms with E-state index in [2.05, 4.69) is 35.0 Å². The number of fused-ring (bicyclic) bond motifs is 1. The van der Waals surface area contributed by atoms with Crippen LogP contribution >= 0.6 is 15.9 Å². The first-order chi connectivity index (χ1) is 7.74. The second-order valence-corrected chi connectivity index (χ2v) is 4.84. The normalized spacial score (nSPS) is 12.9. The van der Waals surface area contributed by atoms with Crippen LogP contribution in [-0.4, -0.2) is 5.11 Å².